The van der Waals surface area contributed by atoms with Gasteiger partial charge in [0.05, 0.1) is 24.6 Å². The van der Waals surface area contributed by atoms with Crippen LogP contribution in [0.2, 0.25) is 0 Å². The van der Waals surface area contributed by atoms with Gasteiger partial charge in [-0.15, -0.1) is 0 Å². The molecule has 2 heterocycles. The second-order valence-electron chi connectivity index (χ2n) is 5.99. The van der Waals surface area contributed by atoms with Crippen LogP contribution in [0, 0.1) is 6.92 Å². The van der Waals surface area contributed by atoms with Crippen molar-refractivity contribution >= 4 is 10.9 Å². The molecule has 0 spiro atoms. The summed E-state index contributed by atoms with van der Waals surface area (Å²) in [6.45, 7) is 4.26. The number of benzene rings is 1. The van der Waals surface area contributed by atoms with Gasteiger partial charge in [-0.3, -0.25) is 9.78 Å². The van der Waals surface area contributed by atoms with Crippen LogP contribution >= 0.6 is 0 Å². The molecule has 2 N–H and O–H groups in total. The number of rotatable bonds is 4. The Bertz CT molecular complexity index is 928. The SMILES string of the molecule is COc1ccc(Cn2c(C(C)N)cc3nccc(C)c3c2=O)cc1. The second kappa shape index (κ2) is 6.45. The first-order valence-corrected chi connectivity index (χ1v) is 7.89. The summed E-state index contributed by atoms with van der Waals surface area (Å²) in [6.07, 6.45) is 1.72. The number of hydrogen-bond acceptors (Lipinski definition) is 4. The zero-order chi connectivity index (χ0) is 17.3. The van der Waals surface area contributed by atoms with Gasteiger partial charge in [0.2, 0.25) is 0 Å². The van der Waals surface area contributed by atoms with Gasteiger partial charge in [0.15, 0.2) is 0 Å². The van der Waals surface area contributed by atoms with Crippen LogP contribution in [0.25, 0.3) is 10.9 Å². The Morgan fingerprint density at radius 2 is 1.96 bits per heavy atom. The molecule has 0 aliphatic carbocycles. The van der Waals surface area contributed by atoms with Crippen LogP contribution in [0.1, 0.15) is 29.8 Å². The topological polar surface area (TPSA) is 70.1 Å². The first-order chi connectivity index (χ1) is 11.5. The predicted molar refractivity (Wildman–Crippen MR) is 95.4 cm³/mol. The number of ether oxygens (including phenoxy) is 1. The van der Waals surface area contributed by atoms with Crippen LogP contribution in [0.4, 0.5) is 0 Å². The van der Waals surface area contributed by atoms with Crippen LogP contribution in [-0.2, 0) is 6.54 Å². The first-order valence-electron chi connectivity index (χ1n) is 7.89. The number of nitrogens with two attached hydrogens (primary N) is 1. The predicted octanol–water partition coefficient (Wildman–Crippen LogP) is 2.78. The molecule has 124 valence electrons. The van der Waals surface area contributed by atoms with Gasteiger partial charge >= 0.3 is 0 Å². The maximum atomic E-state index is 13.0. The lowest BCUT2D eigenvalue weighted by Gasteiger charge is -2.17. The smallest absolute Gasteiger partial charge is 0.260 e. The van der Waals surface area contributed by atoms with Gasteiger partial charge in [0, 0.05) is 17.9 Å². The van der Waals surface area contributed by atoms with Crippen molar-refractivity contribution in [3.63, 3.8) is 0 Å². The molecule has 1 unspecified atom stereocenters. The zero-order valence-electron chi connectivity index (χ0n) is 14.1. The minimum atomic E-state index is -0.261. The molecule has 5 heteroatoms. The van der Waals surface area contributed by atoms with E-state index in [0.717, 1.165) is 22.6 Å². The van der Waals surface area contributed by atoms with Crippen molar-refractivity contribution in [1.29, 1.82) is 0 Å². The number of fused-ring (bicyclic) bond motifs is 1. The average Bonchev–Trinajstić information content (AvgIpc) is 2.57. The van der Waals surface area contributed by atoms with Crippen LogP contribution in [-0.4, -0.2) is 16.7 Å². The van der Waals surface area contributed by atoms with E-state index in [4.69, 9.17) is 10.5 Å². The molecule has 0 saturated carbocycles. The minimum absolute atomic E-state index is 0.0544. The van der Waals surface area contributed by atoms with Crippen LogP contribution < -0.4 is 16.0 Å². The molecule has 2 aromatic heterocycles. The highest BCUT2D eigenvalue weighted by Gasteiger charge is 2.14. The van der Waals surface area contributed by atoms with Crippen molar-refractivity contribution in [3.05, 3.63) is 69.8 Å². The van der Waals surface area contributed by atoms with Crippen molar-refractivity contribution < 1.29 is 4.74 Å². The molecule has 3 aromatic rings. The lowest BCUT2D eigenvalue weighted by Crippen LogP contribution is -2.28. The molecule has 0 amide bonds. The molecule has 5 nitrogen and oxygen atoms in total. The fourth-order valence-corrected chi connectivity index (χ4v) is 2.89. The van der Waals surface area contributed by atoms with E-state index in [0.29, 0.717) is 17.4 Å². The van der Waals surface area contributed by atoms with E-state index in [9.17, 15) is 4.79 Å². The Balaban J connectivity index is 2.17. The maximum Gasteiger partial charge on any atom is 0.260 e. The van der Waals surface area contributed by atoms with Gasteiger partial charge in [-0.1, -0.05) is 12.1 Å². The molecule has 24 heavy (non-hydrogen) atoms. The third kappa shape index (κ3) is 2.90. The summed E-state index contributed by atoms with van der Waals surface area (Å²) in [4.78, 5) is 17.4. The number of aromatic nitrogens is 2. The number of methoxy groups -OCH3 is 1. The Hall–Kier alpha value is -2.66. The summed E-state index contributed by atoms with van der Waals surface area (Å²) in [5, 5.41) is 0.649. The van der Waals surface area contributed by atoms with Gasteiger partial charge < -0.3 is 15.0 Å². The van der Waals surface area contributed by atoms with Gasteiger partial charge in [-0.25, -0.2) is 0 Å². The number of pyridine rings is 2. The van der Waals surface area contributed by atoms with E-state index < -0.39 is 0 Å². The van der Waals surface area contributed by atoms with Gasteiger partial charge in [-0.05, 0) is 49.2 Å². The van der Waals surface area contributed by atoms with E-state index in [-0.39, 0.29) is 11.6 Å². The highest BCUT2D eigenvalue weighted by Crippen LogP contribution is 2.19. The lowest BCUT2D eigenvalue weighted by molar-refractivity contribution is 0.414. The fourth-order valence-electron chi connectivity index (χ4n) is 2.89. The average molecular weight is 323 g/mol. The fraction of sp³-hybridized carbons (Fsp3) is 0.263. The number of nitrogens with zero attached hydrogens (tertiary/aromatic N) is 2. The van der Waals surface area contributed by atoms with E-state index >= 15 is 0 Å². The summed E-state index contributed by atoms with van der Waals surface area (Å²) < 4.78 is 6.92. The monoisotopic (exact) mass is 323 g/mol. The summed E-state index contributed by atoms with van der Waals surface area (Å²) in [6, 6.07) is 11.2. The van der Waals surface area contributed by atoms with Crippen molar-refractivity contribution in [3.8, 4) is 5.75 Å². The van der Waals surface area contributed by atoms with Crippen molar-refractivity contribution in [2.24, 2.45) is 5.73 Å². The van der Waals surface area contributed by atoms with E-state index in [1.165, 1.54) is 0 Å². The highest BCUT2D eigenvalue weighted by atomic mass is 16.5. The van der Waals surface area contributed by atoms with E-state index in [1.807, 2.05) is 50.2 Å². The molecule has 0 aliphatic heterocycles. The molecular formula is C19H21N3O2. The molecule has 0 radical (unpaired) electrons. The van der Waals surface area contributed by atoms with Crippen LogP contribution in [0.3, 0.4) is 0 Å². The Kier molecular flexibility index (Phi) is 4.36. The second-order valence-corrected chi connectivity index (χ2v) is 5.99. The molecule has 1 aromatic carbocycles. The minimum Gasteiger partial charge on any atom is -0.497 e. The maximum absolute atomic E-state index is 13.0. The molecule has 0 aliphatic rings. The molecular weight excluding hydrogens is 302 g/mol. The summed E-state index contributed by atoms with van der Waals surface area (Å²) in [7, 11) is 1.63. The van der Waals surface area contributed by atoms with Crippen molar-refractivity contribution in [1.82, 2.24) is 9.55 Å². The van der Waals surface area contributed by atoms with E-state index in [2.05, 4.69) is 4.98 Å². The Labute approximate surface area is 140 Å². The number of hydrogen-bond donors (Lipinski definition) is 1. The molecule has 1 atom stereocenters. The molecule has 0 saturated heterocycles. The third-order valence-electron chi connectivity index (χ3n) is 4.21. The van der Waals surface area contributed by atoms with Crippen molar-refractivity contribution in [2.45, 2.75) is 26.4 Å². The molecule has 3 rings (SSSR count). The number of aryl methyl sites for hydroxylation is 1. The van der Waals surface area contributed by atoms with E-state index in [1.54, 1.807) is 17.9 Å². The Morgan fingerprint density at radius 1 is 1.25 bits per heavy atom. The summed E-state index contributed by atoms with van der Waals surface area (Å²) in [5.74, 6) is 0.789. The van der Waals surface area contributed by atoms with Crippen LogP contribution in [0.5, 0.6) is 5.75 Å². The summed E-state index contributed by atoms with van der Waals surface area (Å²) in [5.41, 5.74) is 9.46. The molecule has 0 bridgehead atoms. The van der Waals surface area contributed by atoms with Gasteiger partial charge in [0.25, 0.3) is 5.56 Å². The lowest BCUT2D eigenvalue weighted by atomic mass is 10.1. The van der Waals surface area contributed by atoms with Gasteiger partial charge in [-0.2, -0.15) is 0 Å². The van der Waals surface area contributed by atoms with Crippen molar-refractivity contribution in [2.75, 3.05) is 7.11 Å². The quantitative estimate of drug-likeness (QED) is 0.801. The molecule has 0 fully saturated rings. The first kappa shape index (κ1) is 16.2. The Morgan fingerprint density at radius 3 is 2.58 bits per heavy atom. The standard InChI is InChI=1S/C19H21N3O2/c1-12-8-9-21-16-10-17(13(2)20)22(19(23)18(12)16)11-14-4-6-15(24-3)7-5-14/h4-10,13H,11,20H2,1-3H3. The zero-order valence-corrected chi connectivity index (χ0v) is 14.1. The van der Waals surface area contributed by atoms with Crippen LogP contribution in [0.15, 0.2) is 47.4 Å². The van der Waals surface area contributed by atoms with Gasteiger partial charge in [0.1, 0.15) is 5.75 Å². The largest absolute Gasteiger partial charge is 0.497 e. The normalized spacial score (nSPS) is 12.3. The highest BCUT2D eigenvalue weighted by molar-refractivity contribution is 5.81. The summed E-state index contributed by atoms with van der Waals surface area (Å²) >= 11 is 0. The third-order valence-corrected chi connectivity index (χ3v) is 4.21.